The third-order valence-corrected chi connectivity index (χ3v) is 3.29. The number of rotatable bonds is 2. The van der Waals surface area contributed by atoms with Crippen molar-refractivity contribution in [2.75, 3.05) is 18.6 Å². The van der Waals surface area contributed by atoms with Crippen LogP contribution in [0.3, 0.4) is 0 Å². The number of esters is 1. The van der Waals surface area contributed by atoms with E-state index >= 15 is 0 Å². The van der Waals surface area contributed by atoms with Gasteiger partial charge in [0.2, 0.25) is 5.91 Å². The highest BCUT2D eigenvalue weighted by atomic mass is 16.5. The van der Waals surface area contributed by atoms with Crippen molar-refractivity contribution >= 4 is 17.6 Å². The summed E-state index contributed by atoms with van der Waals surface area (Å²) in [4.78, 5) is 25.0. The Morgan fingerprint density at radius 3 is 2.89 bits per heavy atom. The number of aryl methyl sites for hydroxylation is 1. The Balaban J connectivity index is 2.30. The van der Waals surface area contributed by atoms with Crippen LogP contribution in [-0.2, 0) is 14.3 Å². The Labute approximate surface area is 111 Å². The molecular weight excluding hydrogens is 244 g/mol. The van der Waals surface area contributed by atoms with E-state index in [2.05, 4.69) is 4.74 Å². The third-order valence-electron chi connectivity index (χ3n) is 3.29. The zero-order chi connectivity index (χ0) is 14.0. The van der Waals surface area contributed by atoms with Gasteiger partial charge >= 0.3 is 5.97 Å². The molecule has 5 nitrogen and oxygen atoms in total. The smallest absolute Gasteiger partial charge is 0.311 e. The molecule has 19 heavy (non-hydrogen) atoms. The molecule has 1 aromatic carbocycles. The van der Waals surface area contributed by atoms with Gasteiger partial charge in [0, 0.05) is 18.7 Å². The van der Waals surface area contributed by atoms with Crippen LogP contribution in [0, 0.1) is 24.2 Å². The minimum Gasteiger partial charge on any atom is -0.469 e. The van der Waals surface area contributed by atoms with E-state index in [9.17, 15) is 9.59 Å². The van der Waals surface area contributed by atoms with Crippen LogP contribution >= 0.6 is 0 Å². The second kappa shape index (κ2) is 5.11. The summed E-state index contributed by atoms with van der Waals surface area (Å²) in [6.07, 6.45) is 0.156. The normalized spacial score (nSPS) is 18.3. The highest BCUT2D eigenvalue weighted by molar-refractivity contribution is 6.00. The number of benzene rings is 1. The number of amides is 1. The van der Waals surface area contributed by atoms with Crippen molar-refractivity contribution in [3.63, 3.8) is 0 Å². The monoisotopic (exact) mass is 258 g/mol. The molecule has 1 atom stereocenters. The van der Waals surface area contributed by atoms with Gasteiger partial charge in [0.15, 0.2) is 0 Å². The summed E-state index contributed by atoms with van der Waals surface area (Å²) in [6.45, 7) is 2.18. The van der Waals surface area contributed by atoms with Gasteiger partial charge in [0.05, 0.1) is 24.7 Å². The number of anilines is 1. The first-order valence-electron chi connectivity index (χ1n) is 5.95. The van der Waals surface area contributed by atoms with Crippen molar-refractivity contribution in [1.29, 1.82) is 5.26 Å². The molecule has 5 heteroatoms. The van der Waals surface area contributed by atoms with Gasteiger partial charge in [-0.1, -0.05) is 6.07 Å². The van der Waals surface area contributed by atoms with E-state index in [4.69, 9.17) is 5.26 Å². The van der Waals surface area contributed by atoms with E-state index < -0.39 is 5.92 Å². The number of hydrogen-bond acceptors (Lipinski definition) is 4. The zero-order valence-corrected chi connectivity index (χ0v) is 10.8. The van der Waals surface area contributed by atoms with Crippen molar-refractivity contribution in [1.82, 2.24) is 0 Å². The molecule has 1 aliphatic rings. The van der Waals surface area contributed by atoms with Crippen molar-refractivity contribution in [3.05, 3.63) is 29.3 Å². The summed E-state index contributed by atoms with van der Waals surface area (Å²) in [5, 5.41) is 8.91. The minimum absolute atomic E-state index is 0.117. The number of hydrogen-bond donors (Lipinski definition) is 0. The molecule has 0 bridgehead atoms. The molecule has 0 N–H and O–H groups in total. The van der Waals surface area contributed by atoms with Gasteiger partial charge in [0.25, 0.3) is 0 Å². The summed E-state index contributed by atoms with van der Waals surface area (Å²) in [6, 6.07) is 7.23. The first-order valence-corrected chi connectivity index (χ1v) is 5.95. The molecule has 0 saturated carbocycles. The fourth-order valence-electron chi connectivity index (χ4n) is 2.23. The van der Waals surface area contributed by atoms with Gasteiger partial charge < -0.3 is 9.64 Å². The van der Waals surface area contributed by atoms with Gasteiger partial charge in [-0.05, 0) is 24.6 Å². The summed E-state index contributed by atoms with van der Waals surface area (Å²) >= 11 is 0. The van der Waals surface area contributed by atoms with Gasteiger partial charge in [-0.2, -0.15) is 5.26 Å². The molecule has 1 fully saturated rings. The van der Waals surface area contributed by atoms with Crippen LogP contribution in [0.15, 0.2) is 18.2 Å². The van der Waals surface area contributed by atoms with Crippen molar-refractivity contribution in [2.24, 2.45) is 5.92 Å². The predicted molar refractivity (Wildman–Crippen MR) is 68.4 cm³/mol. The molecule has 0 aliphatic carbocycles. The summed E-state index contributed by atoms with van der Waals surface area (Å²) in [5.41, 5.74) is 2.09. The summed E-state index contributed by atoms with van der Waals surface area (Å²) in [7, 11) is 1.32. The lowest BCUT2D eigenvalue weighted by molar-refractivity contribution is -0.145. The number of ether oxygens (including phenoxy) is 1. The number of nitriles is 1. The second-order valence-electron chi connectivity index (χ2n) is 4.54. The maximum atomic E-state index is 12.0. The quantitative estimate of drug-likeness (QED) is 0.752. The molecular formula is C14H14N2O3. The molecule has 1 aliphatic heterocycles. The van der Waals surface area contributed by atoms with Crippen molar-refractivity contribution in [3.8, 4) is 6.07 Å². The number of carbonyl (C=O) groups is 2. The summed E-state index contributed by atoms with van der Waals surface area (Å²) in [5.74, 6) is -0.916. The first kappa shape index (κ1) is 13.1. The number of carbonyl (C=O) groups excluding carboxylic acids is 2. The van der Waals surface area contributed by atoms with Crippen LogP contribution in [-0.4, -0.2) is 25.5 Å². The first-order chi connectivity index (χ1) is 9.06. The molecule has 0 radical (unpaired) electrons. The second-order valence-corrected chi connectivity index (χ2v) is 4.54. The number of nitrogens with zero attached hydrogens (tertiary/aromatic N) is 2. The average Bonchev–Trinajstić information content (AvgIpc) is 2.80. The van der Waals surface area contributed by atoms with Gasteiger partial charge in [0.1, 0.15) is 0 Å². The van der Waals surface area contributed by atoms with Crippen molar-refractivity contribution in [2.45, 2.75) is 13.3 Å². The number of methoxy groups -OCH3 is 1. The Hall–Kier alpha value is -2.35. The van der Waals surface area contributed by atoms with E-state index in [0.717, 1.165) is 5.56 Å². The molecule has 98 valence electrons. The standard InChI is InChI=1S/C14H14N2O3/c1-9-3-4-10(7-15)5-12(9)16-8-11(6-13(16)17)14(18)19-2/h3-5,11H,6,8H2,1-2H3. The lowest BCUT2D eigenvalue weighted by atomic mass is 10.1. The Bertz CT molecular complexity index is 575. The van der Waals surface area contributed by atoms with Gasteiger partial charge in [-0.3, -0.25) is 9.59 Å². The average molecular weight is 258 g/mol. The maximum absolute atomic E-state index is 12.0. The fraction of sp³-hybridized carbons (Fsp3) is 0.357. The Morgan fingerprint density at radius 1 is 1.53 bits per heavy atom. The molecule has 1 unspecified atom stereocenters. The van der Waals surface area contributed by atoms with Gasteiger partial charge in [-0.25, -0.2) is 0 Å². The lowest BCUT2D eigenvalue weighted by Gasteiger charge is -2.19. The molecule has 1 heterocycles. The fourth-order valence-corrected chi connectivity index (χ4v) is 2.23. The molecule has 0 spiro atoms. The van der Waals surface area contributed by atoms with Crippen LogP contribution in [0.1, 0.15) is 17.5 Å². The largest absolute Gasteiger partial charge is 0.469 e. The highest BCUT2D eigenvalue weighted by Crippen LogP contribution is 2.29. The molecule has 1 aromatic rings. The van der Waals surface area contributed by atoms with E-state index in [0.29, 0.717) is 17.8 Å². The molecule has 0 aromatic heterocycles. The summed E-state index contributed by atoms with van der Waals surface area (Å²) < 4.78 is 4.67. The van der Waals surface area contributed by atoms with Crippen LogP contribution in [0.4, 0.5) is 5.69 Å². The SMILES string of the molecule is COC(=O)C1CC(=O)N(c2cc(C#N)ccc2C)C1. The Kier molecular flexibility index (Phi) is 3.52. The van der Waals surface area contributed by atoms with E-state index in [1.54, 1.807) is 23.1 Å². The van der Waals surface area contributed by atoms with Crippen LogP contribution in [0.25, 0.3) is 0 Å². The Morgan fingerprint density at radius 2 is 2.26 bits per heavy atom. The topological polar surface area (TPSA) is 70.4 Å². The third kappa shape index (κ3) is 2.43. The van der Waals surface area contributed by atoms with Gasteiger partial charge in [-0.15, -0.1) is 0 Å². The van der Waals surface area contributed by atoms with E-state index in [1.165, 1.54) is 7.11 Å². The van der Waals surface area contributed by atoms with Crippen molar-refractivity contribution < 1.29 is 14.3 Å². The molecule has 1 saturated heterocycles. The highest BCUT2D eigenvalue weighted by Gasteiger charge is 2.36. The van der Waals surface area contributed by atoms with Crippen LogP contribution < -0.4 is 4.90 Å². The lowest BCUT2D eigenvalue weighted by Crippen LogP contribution is -2.26. The maximum Gasteiger partial charge on any atom is 0.311 e. The molecule has 1 amide bonds. The van der Waals surface area contributed by atoms with Crippen LogP contribution in [0.5, 0.6) is 0 Å². The van der Waals surface area contributed by atoms with Crippen LogP contribution in [0.2, 0.25) is 0 Å². The zero-order valence-electron chi connectivity index (χ0n) is 10.8. The predicted octanol–water partition coefficient (Wildman–Crippen LogP) is 1.39. The van der Waals surface area contributed by atoms with E-state index in [1.807, 2.05) is 13.0 Å². The minimum atomic E-state index is -0.428. The molecule has 2 rings (SSSR count). The van der Waals surface area contributed by atoms with E-state index in [-0.39, 0.29) is 18.3 Å².